The first-order valence-electron chi connectivity index (χ1n) is 2.31. The van der Waals surface area contributed by atoms with E-state index in [9.17, 15) is 0 Å². The van der Waals surface area contributed by atoms with Gasteiger partial charge in [-0.15, -0.1) is 0 Å². The van der Waals surface area contributed by atoms with Gasteiger partial charge in [0, 0.05) is 0 Å². The number of hydrogen-bond acceptors (Lipinski definition) is 2. The van der Waals surface area contributed by atoms with Gasteiger partial charge in [-0.3, -0.25) is 0 Å². The van der Waals surface area contributed by atoms with Crippen molar-refractivity contribution in [2.24, 2.45) is 0 Å². The van der Waals surface area contributed by atoms with Crippen molar-refractivity contribution in [3.8, 4) is 0 Å². The number of hydrogen-bond donors (Lipinski definition) is 0. The molecule has 0 heterocycles. The average Bonchev–Trinajstić information content (AvgIpc) is 1.27. The molecule has 0 spiro atoms. The minimum atomic E-state index is -0.450. The van der Waals surface area contributed by atoms with E-state index in [1.165, 1.54) is 0 Å². The Balaban J connectivity index is 2.95. The summed E-state index contributed by atoms with van der Waals surface area (Å²) in [6.07, 6.45) is 0. The normalized spacial score (nSPS) is 10.6. The molecule has 0 saturated carbocycles. The summed E-state index contributed by atoms with van der Waals surface area (Å²) < 4.78 is 4.63. The van der Waals surface area contributed by atoms with E-state index in [1.54, 1.807) is 0 Å². The van der Waals surface area contributed by atoms with Gasteiger partial charge >= 0.3 is 57.4 Å². The van der Waals surface area contributed by atoms with Crippen LogP contribution in [0.15, 0.2) is 0 Å². The van der Waals surface area contributed by atoms with Crippen molar-refractivity contribution < 1.29 is 0 Å². The monoisotopic (exact) mass is 203 g/mol. The summed E-state index contributed by atoms with van der Waals surface area (Å²) in [6.45, 7) is 0. The van der Waals surface area contributed by atoms with Gasteiger partial charge in [-0.05, 0) is 0 Å². The zero-order valence-corrected chi connectivity index (χ0v) is 8.77. The molecule has 7 heavy (non-hydrogen) atoms. The third-order valence-corrected chi connectivity index (χ3v) is 3.10. The van der Waals surface area contributed by atoms with Crippen LogP contribution in [-0.4, -0.2) is 57.4 Å². The zero-order chi connectivity index (χ0) is 5.86. The Hall–Kier alpha value is 0.790. The molecule has 0 aromatic heterocycles. The second kappa shape index (κ2) is 3.75. The third-order valence-electron chi connectivity index (χ3n) is 0.462. The molecule has 0 aliphatic rings. The second-order valence-corrected chi connectivity index (χ2v) is 8.60. The Bertz CT molecular complexity index is 39.0. The average molecular weight is 203 g/mol. The van der Waals surface area contributed by atoms with Crippen molar-refractivity contribution in [3.05, 3.63) is 0 Å². The van der Waals surface area contributed by atoms with Gasteiger partial charge in [0.2, 0.25) is 0 Å². The van der Waals surface area contributed by atoms with Crippen LogP contribution in [0.2, 0.25) is 0 Å². The molecule has 0 bridgehead atoms. The van der Waals surface area contributed by atoms with Crippen LogP contribution in [0.5, 0.6) is 0 Å². The molecule has 0 aliphatic carbocycles. The van der Waals surface area contributed by atoms with Gasteiger partial charge in [0.25, 0.3) is 0 Å². The van der Waals surface area contributed by atoms with E-state index in [0.717, 1.165) is 0 Å². The van der Waals surface area contributed by atoms with Crippen molar-refractivity contribution in [3.63, 3.8) is 0 Å². The molecule has 3 heteroatoms. The van der Waals surface area contributed by atoms with Crippen LogP contribution in [0, 0.1) is 0 Å². The van der Waals surface area contributed by atoms with Crippen molar-refractivity contribution in [1.29, 1.82) is 0 Å². The van der Waals surface area contributed by atoms with Crippen LogP contribution in [0.1, 0.15) is 0 Å². The van der Waals surface area contributed by atoms with Gasteiger partial charge in [0.15, 0.2) is 0 Å². The molecular weight excluding hydrogens is 191 g/mol. The van der Waals surface area contributed by atoms with Crippen molar-refractivity contribution in [2.75, 3.05) is 28.2 Å². The fourth-order valence-electron chi connectivity index (χ4n) is 0.462. The van der Waals surface area contributed by atoms with Crippen molar-refractivity contribution in [1.82, 2.24) is 5.78 Å². The van der Waals surface area contributed by atoms with Gasteiger partial charge in [-0.1, -0.05) is 0 Å². The van der Waals surface area contributed by atoms with Crippen molar-refractivity contribution >= 4 is 23.5 Å². The summed E-state index contributed by atoms with van der Waals surface area (Å²) in [5, 5.41) is 0. The fourth-order valence-corrected chi connectivity index (χ4v) is 3.10. The molecule has 0 unspecified atom stereocenters. The molecule has 0 aromatic carbocycles. The van der Waals surface area contributed by atoms with E-state index in [4.69, 9.17) is 0 Å². The molecule has 2 nitrogen and oxygen atoms in total. The summed E-state index contributed by atoms with van der Waals surface area (Å²) in [7, 11) is 8.56. The fraction of sp³-hybridized carbons (Fsp3) is 1.00. The van der Waals surface area contributed by atoms with Crippen LogP contribution in [0.4, 0.5) is 0 Å². The second-order valence-electron chi connectivity index (χ2n) is 2.04. The van der Waals surface area contributed by atoms with E-state index in [1.807, 2.05) is 0 Å². The van der Waals surface area contributed by atoms with Gasteiger partial charge < -0.3 is 0 Å². The molecule has 0 N–H and O–H groups in total. The number of rotatable bonds is 2. The Labute approximate surface area is 57.6 Å². The maximum absolute atomic E-state index is 2.32. The summed E-state index contributed by atoms with van der Waals surface area (Å²) in [5.41, 5.74) is 0. The summed E-state index contributed by atoms with van der Waals surface area (Å²) >= 11 is -0.450. The summed E-state index contributed by atoms with van der Waals surface area (Å²) in [6, 6.07) is 0. The minimum absolute atomic E-state index is 0.450. The van der Waals surface area contributed by atoms with E-state index >= 15 is 0 Å². The van der Waals surface area contributed by atoms with E-state index in [-0.39, 0.29) is 0 Å². The molecule has 0 aliphatic heterocycles. The standard InChI is InChI=1S/2C2H6N.In/c2*1-3-2;/h2*1-2H3;/q2*-1;+2. The Morgan fingerprint density at radius 3 is 1.14 bits per heavy atom. The first-order valence-corrected chi connectivity index (χ1v) is 5.25. The molecule has 0 rings (SSSR count). The van der Waals surface area contributed by atoms with Gasteiger partial charge in [0.05, 0.1) is 0 Å². The maximum atomic E-state index is 2.32. The first-order chi connectivity index (χ1) is 3.13. The Morgan fingerprint density at radius 2 is 1.14 bits per heavy atom. The van der Waals surface area contributed by atoms with Gasteiger partial charge in [-0.2, -0.15) is 0 Å². The summed E-state index contributed by atoms with van der Waals surface area (Å²) in [5.74, 6) is 0. The van der Waals surface area contributed by atoms with E-state index in [0.29, 0.717) is 0 Å². The third kappa shape index (κ3) is 6.79. The zero-order valence-electron chi connectivity index (χ0n) is 5.47. The molecule has 41 valence electrons. The van der Waals surface area contributed by atoms with Gasteiger partial charge in [-0.25, -0.2) is 0 Å². The summed E-state index contributed by atoms with van der Waals surface area (Å²) in [4.78, 5) is 0. The molecule has 0 fully saturated rings. The van der Waals surface area contributed by atoms with Crippen LogP contribution in [0.3, 0.4) is 0 Å². The van der Waals surface area contributed by atoms with Crippen LogP contribution in [-0.2, 0) is 0 Å². The Kier molecular flexibility index (Phi) is 4.17. The molecule has 0 amide bonds. The topological polar surface area (TPSA) is 6.48 Å². The predicted octanol–water partition coefficient (Wildman–Crippen LogP) is -0.356. The van der Waals surface area contributed by atoms with E-state index < -0.39 is 23.5 Å². The number of nitrogens with zero attached hydrogens (tertiary/aromatic N) is 2. The van der Waals surface area contributed by atoms with Crippen molar-refractivity contribution in [2.45, 2.75) is 0 Å². The SMILES string of the molecule is C[N](C)[In][N](C)C. The molecular formula is C4H12InN2. The van der Waals surface area contributed by atoms with Gasteiger partial charge in [0.1, 0.15) is 0 Å². The molecule has 1 radical (unpaired) electrons. The first kappa shape index (κ1) is 7.79. The quantitative estimate of drug-likeness (QED) is 0.604. The molecule has 0 aromatic rings. The van der Waals surface area contributed by atoms with E-state index in [2.05, 4.69) is 34.0 Å². The van der Waals surface area contributed by atoms with Crippen LogP contribution < -0.4 is 0 Å². The van der Waals surface area contributed by atoms with Crippen LogP contribution in [0.25, 0.3) is 0 Å². The molecule has 0 atom stereocenters. The Morgan fingerprint density at radius 1 is 0.857 bits per heavy atom. The predicted molar refractivity (Wildman–Crippen MR) is 33.1 cm³/mol. The van der Waals surface area contributed by atoms with Crippen LogP contribution >= 0.6 is 0 Å². The molecule has 0 saturated heterocycles.